The van der Waals surface area contributed by atoms with Crippen LogP contribution in [-0.2, 0) is 4.79 Å². The molecule has 1 atom stereocenters. The van der Waals surface area contributed by atoms with Crippen LogP contribution in [0.4, 0.5) is 0 Å². The van der Waals surface area contributed by atoms with Gasteiger partial charge >= 0.3 is 0 Å². The largest absolute Gasteiger partial charge is 0.351 e. The Bertz CT molecular complexity index is 1090. The second-order valence-corrected chi connectivity index (χ2v) is 8.87. The maximum atomic E-state index is 13.6. The molecule has 1 saturated heterocycles. The summed E-state index contributed by atoms with van der Waals surface area (Å²) in [4.78, 5) is 27.6. The van der Waals surface area contributed by atoms with Gasteiger partial charge in [0.15, 0.2) is 0 Å². The molecule has 1 aliphatic heterocycles. The van der Waals surface area contributed by atoms with Gasteiger partial charge in [-0.1, -0.05) is 55.8 Å². The van der Waals surface area contributed by atoms with E-state index in [1.54, 1.807) is 23.0 Å². The van der Waals surface area contributed by atoms with Crippen molar-refractivity contribution in [1.29, 1.82) is 0 Å². The van der Waals surface area contributed by atoms with Crippen LogP contribution in [0.15, 0.2) is 60.8 Å². The van der Waals surface area contributed by atoms with Crippen LogP contribution >= 0.6 is 11.6 Å². The molecular weight excluding hydrogens is 424 g/mol. The van der Waals surface area contributed by atoms with Crippen molar-refractivity contribution in [3.05, 3.63) is 71.4 Å². The van der Waals surface area contributed by atoms with Crippen LogP contribution in [-0.4, -0.2) is 45.6 Å². The van der Waals surface area contributed by atoms with Crippen molar-refractivity contribution in [3.63, 3.8) is 0 Å². The van der Waals surface area contributed by atoms with Crippen molar-refractivity contribution in [3.8, 4) is 16.9 Å². The summed E-state index contributed by atoms with van der Waals surface area (Å²) in [6.45, 7) is 4.90. The summed E-state index contributed by atoms with van der Waals surface area (Å²) in [6.07, 6.45) is 3.51. The predicted molar refractivity (Wildman–Crippen MR) is 126 cm³/mol. The van der Waals surface area contributed by atoms with Crippen LogP contribution < -0.4 is 5.32 Å². The maximum Gasteiger partial charge on any atom is 0.257 e. The standard InChI is InChI=1S/C25H27ClN4O2/c1-17(2)24(31)27-20-7-6-14-29(15-20)25(32)22-16-30(21-8-4-3-5-9-21)28-23(22)18-10-12-19(26)13-11-18/h3-5,8-13,16-17,20H,6-7,14-15H2,1-2H3,(H,27,31). The number of amides is 2. The Morgan fingerprint density at radius 1 is 1.09 bits per heavy atom. The van der Waals surface area contributed by atoms with E-state index < -0.39 is 0 Å². The fourth-order valence-electron chi connectivity index (χ4n) is 3.88. The monoisotopic (exact) mass is 450 g/mol. The highest BCUT2D eigenvalue weighted by molar-refractivity contribution is 6.30. The second kappa shape index (κ2) is 9.57. The molecule has 0 saturated carbocycles. The van der Waals surface area contributed by atoms with Gasteiger partial charge in [0.1, 0.15) is 5.69 Å². The van der Waals surface area contributed by atoms with E-state index in [4.69, 9.17) is 16.7 Å². The number of nitrogens with zero attached hydrogens (tertiary/aromatic N) is 3. The summed E-state index contributed by atoms with van der Waals surface area (Å²) >= 11 is 6.07. The van der Waals surface area contributed by atoms with Crippen molar-refractivity contribution >= 4 is 23.4 Å². The maximum absolute atomic E-state index is 13.6. The van der Waals surface area contributed by atoms with E-state index in [0.717, 1.165) is 24.1 Å². The second-order valence-electron chi connectivity index (χ2n) is 8.43. The average molecular weight is 451 g/mol. The fourth-order valence-corrected chi connectivity index (χ4v) is 4.01. The molecule has 0 spiro atoms. The molecule has 1 unspecified atom stereocenters. The molecule has 2 heterocycles. The van der Waals surface area contributed by atoms with Gasteiger partial charge in [-0.3, -0.25) is 9.59 Å². The SMILES string of the molecule is CC(C)C(=O)NC1CCCN(C(=O)c2cn(-c3ccccc3)nc2-c2ccc(Cl)cc2)C1. The van der Waals surface area contributed by atoms with E-state index >= 15 is 0 Å². The molecule has 7 heteroatoms. The summed E-state index contributed by atoms with van der Waals surface area (Å²) < 4.78 is 1.74. The van der Waals surface area contributed by atoms with Gasteiger partial charge in [0.25, 0.3) is 5.91 Å². The first kappa shape index (κ1) is 22.1. The van der Waals surface area contributed by atoms with Crippen LogP contribution in [0.1, 0.15) is 37.0 Å². The van der Waals surface area contributed by atoms with Gasteiger partial charge in [-0.15, -0.1) is 0 Å². The lowest BCUT2D eigenvalue weighted by Gasteiger charge is -2.33. The number of aromatic nitrogens is 2. The molecule has 1 aliphatic rings. The zero-order valence-electron chi connectivity index (χ0n) is 18.3. The third-order valence-electron chi connectivity index (χ3n) is 5.66. The molecule has 6 nitrogen and oxygen atoms in total. The summed E-state index contributed by atoms with van der Waals surface area (Å²) in [5.74, 6) is -0.148. The summed E-state index contributed by atoms with van der Waals surface area (Å²) in [7, 11) is 0. The highest BCUT2D eigenvalue weighted by Crippen LogP contribution is 2.27. The van der Waals surface area contributed by atoms with E-state index in [0.29, 0.717) is 29.4 Å². The molecular formula is C25H27ClN4O2. The molecule has 1 fully saturated rings. The van der Waals surface area contributed by atoms with Gasteiger partial charge in [0, 0.05) is 41.8 Å². The van der Waals surface area contributed by atoms with E-state index in [1.807, 2.05) is 61.2 Å². The lowest BCUT2D eigenvalue weighted by Crippen LogP contribution is -2.50. The molecule has 3 aromatic rings. The van der Waals surface area contributed by atoms with Crippen LogP contribution in [0.5, 0.6) is 0 Å². The minimum Gasteiger partial charge on any atom is -0.351 e. The number of rotatable bonds is 5. The number of piperidine rings is 1. The smallest absolute Gasteiger partial charge is 0.257 e. The highest BCUT2D eigenvalue weighted by atomic mass is 35.5. The van der Waals surface area contributed by atoms with E-state index in [9.17, 15) is 9.59 Å². The number of benzene rings is 2. The molecule has 4 rings (SSSR count). The van der Waals surface area contributed by atoms with Gasteiger partial charge in [-0.25, -0.2) is 4.68 Å². The van der Waals surface area contributed by atoms with E-state index in [2.05, 4.69) is 5.32 Å². The van der Waals surface area contributed by atoms with Crippen LogP contribution in [0.3, 0.4) is 0 Å². The molecule has 2 amide bonds. The minimum atomic E-state index is -0.0828. The zero-order chi connectivity index (χ0) is 22.7. The van der Waals surface area contributed by atoms with Gasteiger partial charge in [0.05, 0.1) is 11.3 Å². The first-order chi connectivity index (χ1) is 15.4. The molecule has 1 aromatic heterocycles. The molecule has 32 heavy (non-hydrogen) atoms. The highest BCUT2D eigenvalue weighted by Gasteiger charge is 2.29. The normalized spacial score (nSPS) is 16.2. The molecule has 2 aromatic carbocycles. The third-order valence-corrected chi connectivity index (χ3v) is 5.91. The van der Waals surface area contributed by atoms with Gasteiger partial charge in [0.2, 0.25) is 5.91 Å². The Hall–Kier alpha value is -3.12. The Morgan fingerprint density at radius 3 is 2.50 bits per heavy atom. The number of hydrogen-bond acceptors (Lipinski definition) is 3. The van der Waals surface area contributed by atoms with E-state index in [1.165, 1.54) is 0 Å². The zero-order valence-corrected chi connectivity index (χ0v) is 19.0. The number of likely N-dealkylation sites (tertiary alicyclic amines) is 1. The minimum absolute atomic E-state index is 0.0167. The molecule has 166 valence electrons. The van der Waals surface area contributed by atoms with Crippen molar-refractivity contribution in [2.24, 2.45) is 5.92 Å². The van der Waals surface area contributed by atoms with Gasteiger partial charge in [-0.2, -0.15) is 5.10 Å². The lowest BCUT2D eigenvalue weighted by atomic mass is 10.0. The number of para-hydroxylation sites is 1. The lowest BCUT2D eigenvalue weighted by molar-refractivity contribution is -0.125. The average Bonchev–Trinajstić information content (AvgIpc) is 3.25. The summed E-state index contributed by atoms with van der Waals surface area (Å²) in [6, 6.07) is 17.0. The first-order valence-corrected chi connectivity index (χ1v) is 11.3. The topological polar surface area (TPSA) is 67.2 Å². The van der Waals surface area contributed by atoms with Gasteiger partial charge < -0.3 is 10.2 Å². The Labute approximate surface area is 193 Å². The quantitative estimate of drug-likeness (QED) is 0.619. The Balaban J connectivity index is 1.65. The molecule has 0 bridgehead atoms. The van der Waals surface area contributed by atoms with Crippen molar-refractivity contribution in [2.75, 3.05) is 13.1 Å². The summed E-state index contributed by atoms with van der Waals surface area (Å²) in [5.41, 5.74) is 2.85. The number of hydrogen-bond donors (Lipinski definition) is 1. The molecule has 1 N–H and O–H groups in total. The van der Waals surface area contributed by atoms with Gasteiger partial charge in [-0.05, 0) is 37.1 Å². The van der Waals surface area contributed by atoms with Crippen molar-refractivity contribution < 1.29 is 9.59 Å². The predicted octanol–water partition coefficient (Wildman–Crippen LogP) is 4.57. The number of halogens is 1. The Morgan fingerprint density at radius 2 is 1.81 bits per heavy atom. The Kier molecular flexibility index (Phi) is 6.61. The molecule has 0 aliphatic carbocycles. The fraction of sp³-hybridized carbons (Fsp3) is 0.320. The van der Waals surface area contributed by atoms with Crippen LogP contribution in [0.25, 0.3) is 16.9 Å². The van der Waals surface area contributed by atoms with Crippen LogP contribution in [0.2, 0.25) is 5.02 Å². The molecule has 0 radical (unpaired) electrons. The van der Waals surface area contributed by atoms with Crippen molar-refractivity contribution in [1.82, 2.24) is 20.0 Å². The van der Waals surface area contributed by atoms with Crippen LogP contribution in [0, 0.1) is 5.92 Å². The summed E-state index contributed by atoms with van der Waals surface area (Å²) in [5, 5.41) is 8.44. The third kappa shape index (κ3) is 4.86. The van der Waals surface area contributed by atoms with E-state index in [-0.39, 0.29) is 23.8 Å². The number of carbonyl (C=O) groups excluding carboxylic acids is 2. The first-order valence-electron chi connectivity index (χ1n) is 10.9. The number of carbonyl (C=O) groups is 2. The number of nitrogens with one attached hydrogen (secondary N) is 1. The van der Waals surface area contributed by atoms with Crippen molar-refractivity contribution in [2.45, 2.75) is 32.7 Å².